The number of carbonyl (C=O) groups is 2. The molecule has 0 spiro atoms. The highest BCUT2D eigenvalue weighted by Crippen LogP contribution is 2.32. The van der Waals surface area contributed by atoms with Gasteiger partial charge in [0.15, 0.2) is 0 Å². The number of hydrogen-bond acceptors (Lipinski definition) is 3. The van der Waals surface area contributed by atoms with E-state index in [9.17, 15) is 9.59 Å². The van der Waals surface area contributed by atoms with Gasteiger partial charge in [-0.2, -0.15) is 0 Å². The average Bonchev–Trinajstić information content (AvgIpc) is 2.70. The van der Waals surface area contributed by atoms with E-state index in [1.54, 1.807) is 4.90 Å². The Hall–Kier alpha value is -1.06. The maximum Gasteiger partial charge on any atom is 0.325 e. The van der Waals surface area contributed by atoms with Crippen molar-refractivity contribution < 1.29 is 14.3 Å². The SMILES string of the molecule is COC(=O)CN(C(=O)C1CCCC1C)C(C)C. The van der Waals surface area contributed by atoms with E-state index in [1.807, 2.05) is 13.8 Å². The van der Waals surface area contributed by atoms with Crippen LogP contribution in [0.2, 0.25) is 0 Å². The summed E-state index contributed by atoms with van der Waals surface area (Å²) in [6.45, 7) is 6.04. The zero-order chi connectivity index (χ0) is 13.0. The van der Waals surface area contributed by atoms with Gasteiger partial charge in [-0.05, 0) is 32.6 Å². The van der Waals surface area contributed by atoms with Crippen LogP contribution in [0.5, 0.6) is 0 Å². The lowest BCUT2D eigenvalue weighted by molar-refractivity contribution is -0.150. The van der Waals surface area contributed by atoms with E-state index < -0.39 is 0 Å². The Balaban J connectivity index is 2.69. The minimum absolute atomic E-state index is 0.0365. The Labute approximate surface area is 103 Å². The number of ether oxygens (including phenoxy) is 1. The fourth-order valence-electron chi connectivity index (χ4n) is 2.44. The molecule has 1 saturated carbocycles. The van der Waals surface area contributed by atoms with Crippen molar-refractivity contribution in [3.05, 3.63) is 0 Å². The molecular weight excluding hydrogens is 218 g/mol. The topological polar surface area (TPSA) is 46.6 Å². The van der Waals surface area contributed by atoms with Gasteiger partial charge in [0, 0.05) is 12.0 Å². The van der Waals surface area contributed by atoms with Crippen LogP contribution in [0.1, 0.15) is 40.0 Å². The molecule has 0 aliphatic heterocycles. The van der Waals surface area contributed by atoms with Crippen molar-refractivity contribution in [2.45, 2.75) is 46.1 Å². The van der Waals surface area contributed by atoms with Crippen molar-refractivity contribution in [3.63, 3.8) is 0 Å². The summed E-state index contributed by atoms with van der Waals surface area (Å²) in [6.07, 6.45) is 3.17. The molecule has 1 amide bonds. The van der Waals surface area contributed by atoms with Crippen molar-refractivity contribution in [3.8, 4) is 0 Å². The molecule has 2 unspecified atom stereocenters. The molecule has 0 N–H and O–H groups in total. The lowest BCUT2D eigenvalue weighted by atomic mass is 9.96. The molecule has 2 atom stereocenters. The van der Waals surface area contributed by atoms with E-state index >= 15 is 0 Å². The van der Waals surface area contributed by atoms with E-state index in [-0.39, 0.29) is 30.4 Å². The third-order valence-electron chi connectivity index (χ3n) is 3.61. The minimum atomic E-state index is -0.349. The average molecular weight is 241 g/mol. The summed E-state index contributed by atoms with van der Waals surface area (Å²) in [7, 11) is 1.35. The summed E-state index contributed by atoms with van der Waals surface area (Å²) in [5, 5.41) is 0. The largest absolute Gasteiger partial charge is 0.468 e. The van der Waals surface area contributed by atoms with Gasteiger partial charge >= 0.3 is 5.97 Å². The normalized spacial score (nSPS) is 23.8. The van der Waals surface area contributed by atoms with Crippen molar-refractivity contribution in [2.24, 2.45) is 11.8 Å². The molecule has 17 heavy (non-hydrogen) atoms. The second kappa shape index (κ2) is 6.03. The number of esters is 1. The van der Waals surface area contributed by atoms with Gasteiger partial charge < -0.3 is 9.64 Å². The summed E-state index contributed by atoms with van der Waals surface area (Å²) < 4.78 is 4.64. The molecule has 0 radical (unpaired) electrons. The number of methoxy groups -OCH3 is 1. The number of rotatable bonds is 4. The van der Waals surface area contributed by atoms with Crippen LogP contribution in [0.4, 0.5) is 0 Å². The second-order valence-electron chi connectivity index (χ2n) is 5.15. The number of amides is 1. The van der Waals surface area contributed by atoms with Crippen LogP contribution in [-0.2, 0) is 14.3 Å². The van der Waals surface area contributed by atoms with E-state index in [4.69, 9.17) is 0 Å². The van der Waals surface area contributed by atoms with Gasteiger partial charge in [-0.15, -0.1) is 0 Å². The number of nitrogens with zero attached hydrogens (tertiary/aromatic N) is 1. The van der Waals surface area contributed by atoms with Gasteiger partial charge in [0.2, 0.25) is 5.91 Å². The maximum absolute atomic E-state index is 12.4. The molecule has 0 aromatic rings. The molecule has 1 fully saturated rings. The minimum Gasteiger partial charge on any atom is -0.468 e. The lowest BCUT2D eigenvalue weighted by Crippen LogP contribution is -2.44. The van der Waals surface area contributed by atoms with Gasteiger partial charge in [0.1, 0.15) is 6.54 Å². The van der Waals surface area contributed by atoms with Crippen LogP contribution in [-0.4, -0.2) is 36.5 Å². The standard InChI is InChI=1S/C13H23NO3/c1-9(2)14(8-12(15)17-4)13(16)11-7-5-6-10(11)3/h9-11H,5-8H2,1-4H3. The zero-order valence-electron chi connectivity index (χ0n) is 11.2. The molecule has 98 valence electrons. The molecule has 0 saturated heterocycles. The first-order valence-corrected chi connectivity index (χ1v) is 6.34. The van der Waals surface area contributed by atoms with Crippen LogP contribution in [0.25, 0.3) is 0 Å². The zero-order valence-corrected chi connectivity index (χ0v) is 11.2. The Morgan fingerprint density at radius 2 is 2.00 bits per heavy atom. The summed E-state index contributed by atoms with van der Waals surface area (Å²) in [6, 6.07) is 0.0365. The molecule has 1 rings (SSSR count). The van der Waals surface area contributed by atoms with Gasteiger partial charge in [0.25, 0.3) is 0 Å². The van der Waals surface area contributed by atoms with Gasteiger partial charge in [0.05, 0.1) is 7.11 Å². The third kappa shape index (κ3) is 3.45. The van der Waals surface area contributed by atoms with Crippen LogP contribution < -0.4 is 0 Å². The summed E-state index contributed by atoms with van der Waals surface area (Å²) in [4.78, 5) is 25.3. The maximum atomic E-state index is 12.4. The van der Waals surface area contributed by atoms with Crippen molar-refractivity contribution in [1.82, 2.24) is 4.90 Å². The molecule has 0 bridgehead atoms. The van der Waals surface area contributed by atoms with E-state index in [0.29, 0.717) is 5.92 Å². The Morgan fingerprint density at radius 1 is 1.35 bits per heavy atom. The number of hydrogen-bond donors (Lipinski definition) is 0. The summed E-state index contributed by atoms with van der Waals surface area (Å²) >= 11 is 0. The molecule has 0 aromatic heterocycles. The highest BCUT2D eigenvalue weighted by molar-refractivity contribution is 5.84. The third-order valence-corrected chi connectivity index (χ3v) is 3.61. The highest BCUT2D eigenvalue weighted by atomic mass is 16.5. The quantitative estimate of drug-likeness (QED) is 0.705. The molecular formula is C13H23NO3. The van der Waals surface area contributed by atoms with Crippen LogP contribution in [0, 0.1) is 11.8 Å². The first-order chi connectivity index (χ1) is 7.97. The van der Waals surface area contributed by atoms with Gasteiger partial charge in [-0.1, -0.05) is 13.3 Å². The summed E-state index contributed by atoms with van der Waals surface area (Å²) in [5.74, 6) is 0.275. The Morgan fingerprint density at radius 3 is 2.41 bits per heavy atom. The van der Waals surface area contributed by atoms with Crippen molar-refractivity contribution in [2.75, 3.05) is 13.7 Å². The Kier molecular flexibility index (Phi) is 4.97. The van der Waals surface area contributed by atoms with E-state index in [0.717, 1.165) is 19.3 Å². The smallest absolute Gasteiger partial charge is 0.325 e. The molecule has 0 aromatic carbocycles. The fraction of sp³-hybridized carbons (Fsp3) is 0.846. The van der Waals surface area contributed by atoms with E-state index in [1.165, 1.54) is 7.11 Å². The predicted molar refractivity (Wildman–Crippen MR) is 65.4 cm³/mol. The first kappa shape index (κ1) is 14.0. The summed E-state index contributed by atoms with van der Waals surface area (Å²) in [5.41, 5.74) is 0. The second-order valence-corrected chi connectivity index (χ2v) is 5.15. The molecule has 4 heteroatoms. The Bertz CT molecular complexity index is 288. The lowest BCUT2D eigenvalue weighted by Gasteiger charge is -2.29. The fourth-order valence-corrected chi connectivity index (χ4v) is 2.44. The molecule has 4 nitrogen and oxygen atoms in total. The van der Waals surface area contributed by atoms with E-state index in [2.05, 4.69) is 11.7 Å². The van der Waals surface area contributed by atoms with Crippen LogP contribution >= 0.6 is 0 Å². The monoisotopic (exact) mass is 241 g/mol. The van der Waals surface area contributed by atoms with Crippen LogP contribution in [0.15, 0.2) is 0 Å². The molecule has 0 heterocycles. The molecule has 1 aliphatic rings. The van der Waals surface area contributed by atoms with Crippen molar-refractivity contribution >= 4 is 11.9 Å². The van der Waals surface area contributed by atoms with Crippen LogP contribution in [0.3, 0.4) is 0 Å². The number of carbonyl (C=O) groups excluding carboxylic acids is 2. The highest BCUT2D eigenvalue weighted by Gasteiger charge is 2.34. The van der Waals surface area contributed by atoms with Gasteiger partial charge in [-0.3, -0.25) is 9.59 Å². The van der Waals surface area contributed by atoms with Crippen molar-refractivity contribution in [1.29, 1.82) is 0 Å². The van der Waals surface area contributed by atoms with Gasteiger partial charge in [-0.25, -0.2) is 0 Å². The predicted octanol–water partition coefficient (Wildman–Crippen LogP) is 1.83. The molecule has 1 aliphatic carbocycles. The first-order valence-electron chi connectivity index (χ1n) is 6.34.